The predicted octanol–water partition coefficient (Wildman–Crippen LogP) is 0.290. The van der Waals surface area contributed by atoms with Crippen LogP contribution in [0.15, 0.2) is 12.5 Å². The molecule has 0 spiro atoms. The molecule has 0 unspecified atom stereocenters. The second-order valence-electron chi connectivity index (χ2n) is 4.38. The van der Waals surface area contributed by atoms with E-state index >= 15 is 0 Å². The van der Waals surface area contributed by atoms with E-state index in [1.165, 1.54) is 25.4 Å². The molecule has 98 valence electrons. The number of amides is 2. The Kier molecular flexibility index (Phi) is 3.81. The molecule has 0 atom stereocenters. The Balaban J connectivity index is 1.64. The van der Waals surface area contributed by atoms with Gasteiger partial charge < -0.3 is 20.3 Å². The van der Waals surface area contributed by atoms with E-state index in [9.17, 15) is 9.59 Å². The first kappa shape index (κ1) is 12.4. The standard InChI is InChI=1S/C11H16N4O3/c16-10(17)9-6-15(7-14-9)4-3-12-11(18)13-5-8-1-2-8/h6-8H,1-5H2,(H,16,17)(H2,12,13,18). The SMILES string of the molecule is O=C(NCCn1cnc(C(=O)O)c1)NCC1CC1. The van der Waals surface area contributed by atoms with Crippen molar-refractivity contribution in [3.63, 3.8) is 0 Å². The van der Waals surface area contributed by atoms with Gasteiger partial charge in [0.05, 0.1) is 6.33 Å². The summed E-state index contributed by atoms with van der Waals surface area (Å²) in [5.74, 6) is -0.397. The van der Waals surface area contributed by atoms with Crippen LogP contribution in [-0.4, -0.2) is 39.7 Å². The van der Waals surface area contributed by atoms with Gasteiger partial charge in [0.15, 0.2) is 5.69 Å². The summed E-state index contributed by atoms with van der Waals surface area (Å²) in [6, 6.07) is -0.180. The maximum atomic E-state index is 11.3. The van der Waals surface area contributed by atoms with Crippen molar-refractivity contribution in [3.8, 4) is 0 Å². The number of carbonyl (C=O) groups is 2. The fourth-order valence-corrected chi connectivity index (χ4v) is 1.51. The molecule has 1 saturated carbocycles. The minimum Gasteiger partial charge on any atom is -0.476 e. The minimum absolute atomic E-state index is 0.00758. The Labute approximate surface area is 104 Å². The molecule has 7 nitrogen and oxygen atoms in total. The highest BCUT2D eigenvalue weighted by Gasteiger charge is 2.21. The van der Waals surface area contributed by atoms with Crippen molar-refractivity contribution in [2.45, 2.75) is 19.4 Å². The summed E-state index contributed by atoms with van der Waals surface area (Å²) in [6.45, 7) is 1.67. The number of hydrogen-bond acceptors (Lipinski definition) is 3. The van der Waals surface area contributed by atoms with Crippen LogP contribution >= 0.6 is 0 Å². The Bertz CT molecular complexity index is 439. The highest BCUT2D eigenvalue weighted by atomic mass is 16.4. The van der Waals surface area contributed by atoms with Gasteiger partial charge in [0.2, 0.25) is 0 Å². The molecule has 2 amide bonds. The van der Waals surface area contributed by atoms with E-state index in [2.05, 4.69) is 15.6 Å². The molecular weight excluding hydrogens is 236 g/mol. The minimum atomic E-state index is -1.05. The lowest BCUT2D eigenvalue weighted by molar-refractivity contribution is 0.0691. The number of imidazole rings is 1. The molecule has 1 aliphatic rings. The first-order chi connectivity index (χ1) is 8.65. The second kappa shape index (κ2) is 5.52. The molecule has 7 heteroatoms. The summed E-state index contributed by atoms with van der Waals surface area (Å²) in [7, 11) is 0. The van der Waals surface area contributed by atoms with Crippen LogP contribution in [0.5, 0.6) is 0 Å². The molecule has 1 aromatic heterocycles. The first-order valence-corrected chi connectivity index (χ1v) is 5.92. The van der Waals surface area contributed by atoms with Crippen molar-refractivity contribution in [1.29, 1.82) is 0 Å². The molecule has 1 aromatic rings. The summed E-state index contributed by atoms with van der Waals surface area (Å²) in [5.41, 5.74) is 0.00758. The molecular formula is C11H16N4O3. The summed E-state index contributed by atoms with van der Waals surface area (Å²) < 4.78 is 1.63. The van der Waals surface area contributed by atoms with E-state index in [-0.39, 0.29) is 11.7 Å². The van der Waals surface area contributed by atoms with Crippen molar-refractivity contribution in [2.24, 2.45) is 5.92 Å². The van der Waals surface area contributed by atoms with E-state index in [1.807, 2.05) is 0 Å². The van der Waals surface area contributed by atoms with Crippen LogP contribution in [0.2, 0.25) is 0 Å². The van der Waals surface area contributed by atoms with Crippen molar-refractivity contribution in [1.82, 2.24) is 20.2 Å². The lowest BCUT2D eigenvalue weighted by atomic mass is 10.4. The van der Waals surface area contributed by atoms with Gasteiger partial charge in [0, 0.05) is 25.8 Å². The van der Waals surface area contributed by atoms with Crippen LogP contribution in [0.4, 0.5) is 4.79 Å². The molecule has 0 aromatic carbocycles. The van der Waals surface area contributed by atoms with Gasteiger partial charge in [-0.15, -0.1) is 0 Å². The molecule has 0 bridgehead atoms. The van der Waals surface area contributed by atoms with Gasteiger partial charge >= 0.3 is 12.0 Å². The fourth-order valence-electron chi connectivity index (χ4n) is 1.51. The largest absolute Gasteiger partial charge is 0.476 e. The lowest BCUT2D eigenvalue weighted by Crippen LogP contribution is -2.38. The first-order valence-electron chi connectivity index (χ1n) is 5.92. The van der Waals surface area contributed by atoms with Crippen LogP contribution in [0.1, 0.15) is 23.3 Å². The molecule has 3 N–H and O–H groups in total. The quantitative estimate of drug-likeness (QED) is 0.678. The monoisotopic (exact) mass is 252 g/mol. The molecule has 2 rings (SSSR count). The number of rotatable bonds is 6. The van der Waals surface area contributed by atoms with Gasteiger partial charge in [-0.1, -0.05) is 0 Å². The smallest absolute Gasteiger partial charge is 0.356 e. The number of carboxylic acid groups (broad SMARTS) is 1. The molecule has 1 fully saturated rings. The second-order valence-corrected chi connectivity index (χ2v) is 4.38. The third-order valence-corrected chi connectivity index (χ3v) is 2.76. The van der Waals surface area contributed by atoms with Crippen LogP contribution in [0, 0.1) is 5.92 Å². The van der Waals surface area contributed by atoms with Gasteiger partial charge in [-0.3, -0.25) is 0 Å². The maximum absolute atomic E-state index is 11.3. The van der Waals surface area contributed by atoms with Crippen molar-refractivity contribution < 1.29 is 14.7 Å². The van der Waals surface area contributed by atoms with Gasteiger partial charge in [-0.2, -0.15) is 0 Å². The zero-order valence-electron chi connectivity index (χ0n) is 9.93. The van der Waals surface area contributed by atoms with E-state index in [0.29, 0.717) is 19.0 Å². The topological polar surface area (TPSA) is 96.2 Å². The summed E-state index contributed by atoms with van der Waals surface area (Å²) in [4.78, 5) is 25.6. The average molecular weight is 252 g/mol. The van der Waals surface area contributed by atoms with Crippen molar-refractivity contribution >= 4 is 12.0 Å². The molecule has 0 saturated heterocycles. The number of carbonyl (C=O) groups excluding carboxylic acids is 1. The van der Waals surface area contributed by atoms with Crippen LogP contribution in [-0.2, 0) is 6.54 Å². The Hall–Kier alpha value is -2.05. The van der Waals surface area contributed by atoms with Gasteiger partial charge in [0.1, 0.15) is 0 Å². The van der Waals surface area contributed by atoms with E-state index in [4.69, 9.17) is 5.11 Å². The zero-order valence-corrected chi connectivity index (χ0v) is 9.93. The summed E-state index contributed by atoms with van der Waals surface area (Å²) >= 11 is 0. The normalized spacial score (nSPS) is 14.2. The Morgan fingerprint density at radius 1 is 1.44 bits per heavy atom. The van der Waals surface area contributed by atoms with E-state index < -0.39 is 5.97 Å². The van der Waals surface area contributed by atoms with E-state index in [1.54, 1.807) is 4.57 Å². The van der Waals surface area contributed by atoms with Crippen molar-refractivity contribution in [3.05, 3.63) is 18.2 Å². The summed E-state index contributed by atoms with van der Waals surface area (Å²) in [5, 5.41) is 14.2. The highest BCUT2D eigenvalue weighted by molar-refractivity contribution is 5.84. The van der Waals surface area contributed by atoms with Crippen molar-refractivity contribution in [2.75, 3.05) is 13.1 Å². The van der Waals surface area contributed by atoms with Crippen LogP contribution < -0.4 is 10.6 Å². The van der Waals surface area contributed by atoms with Crippen LogP contribution in [0.3, 0.4) is 0 Å². The number of hydrogen-bond donors (Lipinski definition) is 3. The number of aromatic nitrogens is 2. The molecule has 0 aliphatic heterocycles. The molecule has 0 radical (unpaired) electrons. The molecule has 1 heterocycles. The Morgan fingerprint density at radius 2 is 2.22 bits per heavy atom. The number of nitrogens with one attached hydrogen (secondary N) is 2. The van der Waals surface area contributed by atoms with E-state index in [0.717, 1.165) is 6.54 Å². The number of carboxylic acids is 1. The average Bonchev–Trinajstić information content (AvgIpc) is 3.04. The number of urea groups is 1. The third kappa shape index (κ3) is 3.76. The third-order valence-electron chi connectivity index (χ3n) is 2.76. The Morgan fingerprint density at radius 3 is 2.83 bits per heavy atom. The zero-order chi connectivity index (χ0) is 13.0. The molecule has 1 aliphatic carbocycles. The number of nitrogens with zero attached hydrogens (tertiary/aromatic N) is 2. The van der Waals surface area contributed by atoms with Gasteiger partial charge in [0.25, 0.3) is 0 Å². The molecule has 18 heavy (non-hydrogen) atoms. The highest BCUT2D eigenvalue weighted by Crippen LogP contribution is 2.27. The summed E-state index contributed by atoms with van der Waals surface area (Å²) in [6.07, 6.45) is 5.28. The number of aromatic carboxylic acids is 1. The van der Waals surface area contributed by atoms with Gasteiger partial charge in [-0.05, 0) is 18.8 Å². The fraction of sp³-hybridized carbons (Fsp3) is 0.545. The lowest BCUT2D eigenvalue weighted by Gasteiger charge is -2.07. The predicted molar refractivity (Wildman–Crippen MR) is 63.3 cm³/mol. The van der Waals surface area contributed by atoms with Crippen LogP contribution in [0.25, 0.3) is 0 Å². The van der Waals surface area contributed by atoms with Gasteiger partial charge in [-0.25, -0.2) is 14.6 Å². The maximum Gasteiger partial charge on any atom is 0.356 e.